The van der Waals surface area contributed by atoms with E-state index in [1.807, 2.05) is 0 Å². The van der Waals surface area contributed by atoms with Gasteiger partial charge in [-0.05, 0) is 37.1 Å². The number of carbonyl (C=O) groups is 1. The van der Waals surface area contributed by atoms with Gasteiger partial charge in [-0.15, -0.1) is 0 Å². The molecule has 1 aromatic heterocycles. The largest absolute Gasteiger partial charge is 0.457 e. The van der Waals surface area contributed by atoms with E-state index in [2.05, 4.69) is 4.98 Å². The second-order valence-corrected chi connectivity index (χ2v) is 8.12. The van der Waals surface area contributed by atoms with Crippen LogP contribution in [0.3, 0.4) is 0 Å². The van der Waals surface area contributed by atoms with Crippen molar-refractivity contribution in [3.8, 4) is 11.5 Å². The minimum atomic E-state index is -4.04. The van der Waals surface area contributed by atoms with Crippen molar-refractivity contribution in [3.63, 3.8) is 0 Å². The lowest BCUT2D eigenvalue weighted by Gasteiger charge is -2.34. The minimum absolute atomic E-state index is 0.0169. The van der Waals surface area contributed by atoms with Gasteiger partial charge in [-0.2, -0.15) is 0 Å². The molecule has 3 N–H and O–H groups in total. The highest BCUT2D eigenvalue weighted by Crippen LogP contribution is 2.36. The number of H-pyrrole nitrogens is 1. The van der Waals surface area contributed by atoms with Gasteiger partial charge in [0.2, 0.25) is 0 Å². The summed E-state index contributed by atoms with van der Waals surface area (Å²) >= 11 is 0. The Labute approximate surface area is 150 Å². The lowest BCUT2D eigenvalue weighted by molar-refractivity contribution is -0.378. The quantitative estimate of drug-likeness (QED) is 0.594. The molecule has 1 aliphatic rings. The smallest absolute Gasteiger partial charge is 0.265 e. The third-order valence-electron chi connectivity index (χ3n) is 4.39. The molecule has 0 bridgehead atoms. The highest BCUT2D eigenvalue weighted by molar-refractivity contribution is 7.93. The molecule has 138 valence electrons. The van der Waals surface area contributed by atoms with Crippen LogP contribution in [-0.4, -0.2) is 37.5 Å². The molecule has 1 saturated heterocycles. The number of rotatable bonds is 5. The van der Waals surface area contributed by atoms with Gasteiger partial charge in [-0.25, -0.2) is 18.9 Å². The summed E-state index contributed by atoms with van der Waals surface area (Å²) in [4.78, 5) is 15.1. The van der Waals surface area contributed by atoms with Crippen LogP contribution in [0.5, 0.6) is 11.5 Å². The molecule has 2 heterocycles. The molecule has 26 heavy (non-hydrogen) atoms. The van der Waals surface area contributed by atoms with Crippen LogP contribution >= 0.6 is 0 Å². The number of carbonyl (C=O) groups excluding carboxylic acids is 1. The van der Waals surface area contributed by atoms with E-state index in [0.717, 1.165) is 0 Å². The third-order valence-corrected chi connectivity index (χ3v) is 6.90. The molecule has 1 fully saturated rings. The second kappa shape index (κ2) is 7.40. The number of hydrogen-bond acceptors (Lipinski definition) is 6. The highest BCUT2D eigenvalue weighted by Gasteiger charge is 2.52. The van der Waals surface area contributed by atoms with Crippen LogP contribution in [-0.2, 0) is 19.4 Å². The molecule has 0 radical (unpaired) electrons. The number of hydroxylamine groups is 1. The Bertz CT molecular complexity index is 862. The Hall–Kier alpha value is -2.49. The first-order valence-corrected chi connectivity index (χ1v) is 9.49. The van der Waals surface area contributed by atoms with Crippen molar-refractivity contribution in [2.45, 2.75) is 22.5 Å². The van der Waals surface area contributed by atoms with Crippen LogP contribution < -0.4 is 15.2 Å². The van der Waals surface area contributed by atoms with Gasteiger partial charge < -0.3 is 9.47 Å². The molecule has 0 spiro atoms. The topological polar surface area (TPSA) is 116 Å². The molecule has 2 aromatic rings. The summed E-state index contributed by atoms with van der Waals surface area (Å²) in [6.07, 6.45) is 3.36. The SMILES string of the molecule is O=C(NO)C1(S(=O)(=O)c2ccc(Oc3cc[nH+]cc3)cc2)CCOCC1. The van der Waals surface area contributed by atoms with Gasteiger partial charge in [-0.3, -0.25) is 10.0 Å². The highest BCUT2D eigenvalue weighted by atomic mass is 32.2. The average molecular weight is 379 g/mol. The Kier molecular flexibility index (Phi) is 5.21. The maximum absolute atomic E-state index is 13.1. The molecule has 0 aliphatic carbocycles. The fourth-order valence-electron chi connectivity index (χ4n) is 2.91. The molecular weight excluding hydrogens is 360 g/mol. The van der Waals surface area contributed by atoms with Crippen LogP contribution in [0.4, 0.5) is 0 Å². The molecule has 3 rings (SSSR count). The molecule has 0 unspecified atom stereocenters. The van der Waals surface area contributed by atoms with Crippen LogP contribution in [0.2, 0.25) is 0 Å². The predicted molar refractivity (Wildman–Crippen MR) is 89.4 cm³/mol. The van der Waals surface area contributed by atoms with Gasteiger partial charge in [0.1, 0.15) is 11.5 Å². The zero-order valence-electron chi connectivity index (χ0n) is 13.8. The lowest BCUT2D eigenvalue weighted by Crippen LogP contribution is -2.54. The average Bonchev–Trinajstić information content (AvgIpc) is 2.69. The first kappa shape index (κ1) is 18.3. The molecule has 1 aromatic carbocycles. The van der Waals surface area contributed by atoms with E-state index in [0.29, 0.717) is 11.5 Å². The van der Waals surface area contributed by atoms with Gasteiger partial charge in [0.25, 0.3) is 5.91 Å². The summed E-state index contributed by atoms with van der Waals surface area (Å²) in [6, 6.07) is 9.28. The van der Waals surface area contributed by atoms with Gasteiger partial charge in [0.05, 0.1) is 4.90 Å². The van der Waals surface area contributed by atoms with Crippen molar-refractivity contribution in [1.29, 1.82) is 0 Å². The second-order valence-electron chi connectivity index (χ2n) is 5.86. The fourth-order valence-corrected chi connectivity index (χ4v) is 4.85. The monoisotopic (exact) mass is 379 g/mol. The number of benzene rings is 1. The third kappa shape index (κ3) is 3.28. The molecule has 1 amide bonds. The number of nitrogens with one attached hydrogen (secondary N) is 2. The van der Waals surface area contributed by atoms with Crippen molar-refractivity contribution in [2.75, 3.05) is 13.2 Å². The molecule has 9 heteroatoms. The van der Waals surface area contributed by atoms with Gasteiger partial charge in [0.15, 0.2) is 27.0 Å². The van der Waals surface area contributed by atoms with E-state index in [-0.39, 0.29) is 31.0 Å². The summed E-state index contributed by atoms with van der Waals surface area (Å²) in [6.45, 7) is 0.248. The summed E-state index contributed by atoms with van der Waals surface area (Å²) in [7, 11) is -4.04. The Balaban J connectivity index is 1.90. The zero-order valence-corrected chi connectivity index (χ0v) is 14.7. The van der Waals surface area contributed by atoms with Gasteiger partial charge in [0, 0.05) is 25.3 Å². The first-order chi connectivity index (χ1) is 12.5. The van der Waals surface area contributed by atoms with Crippen LogP contribution in [0.1, 0.15) is 12.8 Å². The van der Waals surface area contributed by atoms with E-state index < -0.39 is 20.5 Å². The maximum atomic E-state index is 13.1. The van der Waals surface area contributed by atoms with Crippen molar-refractivity contribution in [2.24, 2.45) is 0 Å². The van der Waals surface area contributed by atoms with Crippen LogP contribution in [0, 0.1) is 0 Å². The Morgan fingerprint density at radius 1 is 1.08 bits per heavy atom. The van der Waals surface area contributed by atoms with Crippen LogP contribution in [0.15, 0.2) is 53.7 Å². The van der Waals surface area contributed by atoms with Crippen LogP contribution in [0.25, 0.3) is 0 Å². The summed E-state index contributed by atoms with van der Waals surface area (Å²) in [5.74, 6) is 0.115. The molecule has 1 aliphatic heterocycles. The Morgan fingerprint density at radius 2 is 1.65 bits per heavy atom. The van der Waals surface area contributed by atoms with E-state index in [4.69, 9.17) is 14.7 Å². The normalized spacial score (nSPS) is 16.7. The van der Waals surface area contributed by atoms with Crippen molar-refractivity contribution in [1.82, 2.24) is 5.48 Å². The van der Waals surface area contributed by atoms with E-state index >= 15 is 0 Å². The van der Waals surface area contributed by atoms with Gasteiger partial charge >= 0.3 is 0 Å². The standard InChI is InChI=1S/C17H18N2O6S/c20-16(19-21)17(7-11-24-12-8-17)26(22,23)15-3-1-13(2-4-15)25-14-5-9-18-10-6-14/h1-6,9-10,21H,7-8,11-12H2,(H,19,20)/p+1. The summed E-state index contributed by atoms with van der Waals surface area (Å²) in [5, 5.41) is 9.04. The fraction of sp³-hybridized carbons (Fsp3) is 0.294. The number of sulfone groups is 1. The van der Waals surface area contributed by atoms with E-state index in [9.17, 15) is 13.2 Å². The summed E-state index contributed by atoms with van der Waals surface area (Å²) < 4.78 is 35.3. The number of aromatic nitrogens is 1. The van der Waals surface area contributed by atoms with E-state index in [1.165, 1.54) is 29.7 Å². The number of aromatic amines is 1. The van der Waals surface area contributed by atoms with Crippen molar-refractivity contribution < 1.29 is 32.9 Å². The molecule has 8 nitrogen and oxygen atoms in total. The number of pyridine rings is 1. The molecule has 0 saturated carbocycles. The minimum Gasteiger partial charge on any atom is -0.457 e. The maximum Gasteiger partial charge on any atom is 0.265 e. The predicted octanol–water partition coefficient (Wildman–Crippen LogP) is 1.12. The Morgan fingerprint density at radius 3 is 2.23 bits per heavy atom. The lowest BCUT2D eigenvalue weighted by atomic mass is 9.98. The number of amides is 1. The van der Waals surface area contributed by atoms with Crippen molar-refractivity contribution >= 4 is 15.7 Å². The number of ether oxygens (including phenoxy) is 2. The number of hydrogen-bond donors (Lipinski definition) is 2. The van der Waals surface area contributed by atoms with Gasteiger partial charge in [-0.1, -0.05) is 0 Å². The van der Waals surface area contributed by atoms with E-state index in [1.54, 1.807) is 24.5 Å². The van der Waals surface area contributed by atoms with Crippen molar-refractivity contribution in [3.05, 3.63) is 48.8 Å². The zero-order chi connectivity index (χ0) is 18.6. The summed E-state index contributed by atoms with van der Waals surface area (Å²) in [5.41, 5.74) is 1.49. The first-order valence-electron chi connectivity index (χ1n) is 8.00. The molecular formula is C17H19N2O6S+. The molecule has 0 atom stereocenters.